The minimum absolute atomic E-state index is 0.0719. The van der Waals surface area contributed by atoms with E-state index in [1.807, 2.05) is 65.5 Å². The maximum absolute atomic E-state index is 5.92. The molecule has 0 spiro atoms. The lowest BCUT2D eigenvalue weighted by atomic mass is 9.81. The summed E-state index contributed by atoms with van der Waals surface area (Å²) in [4.78, 5) is 0. The van der Waals surface area contributed by atoms with Crippen molar-refractivity contribution >= 4 is 10.9 Å². The molecule has 0 saturated carbocycles. The van der Waals surface area contributed by atoms with Crippen molar-refractivity contribution in [2.24, 2.45) is 0 Å². The van der Waals surface area contributed by atoms with E-state index in [0.29, 0.717) is 11.8 Å². The van der Waals surface area contributed by atoms with E-state index < -0.39 is 0 Å². The Morgan fingerprint density at radius 2 is 1.37 bits per heavy atom. The fourth-order valence-corrected chi connectivity index (χ4v) is 5.39. The quantitative estimate of drug-likeness (QED) is 0.287. The van der Waals surface area contributed by atoms with Gasteiger partial charge in [-0.25, -0.2) is 4.68 Å². The minimum atomic E-state index is -0.0719. The Kier molecular flexibility index (Phi) is 4.12. The summed E-state index contributed by atoms with van der Waals surface area (Å²) in [5.74, 6) is 1.01. The Bertz CT molecular complexity index is 1710. The molecular formula is C30H22N4O. The Balaban J connectivity index is 1.27. The van der Waals surface area contributed by atoms with Gasteiger partial charge in [0.25, 0.3) is 0 Å². The van der Waals surface area contributed by atoms with Gasteiger partial charge in [0.2, 0.25) is 11.8 Å². The van der Waals surface area contributed by atoms with Crippen LogP contribution in [0.4, 0.5) is 0 Å². The van der Waals surface area contributed by atoms with Crippen molar-refractivity contribution in [1.82, 2.24) is 20.0 Å². The summed E-state index contributed by atoms with van der Waals surface area (Å²) < 4.78 is 7.92. The van der Waals surface area contributed by atoms with Crippen molar-refractivity contribution in [2.45, 2.75) is 19.3 Å². The number of hydrogen-bond donors (Lipinski definition) is 0. The Morgan fingerprint density at radius 3 is 2.14 bits per heavy atom. The van der Waals surface area contributed by atoms with Gasteiger partial charge in [0, 0.05) is 21.9 Å². The fraction of sp³-hybridized carbons (Fsp3) is 0.100. The van der Waals surface area contributed by atoms with E-state index in [1.165, 1.54) is 27.6 Å². The summed E-state index contributed by atoms with van der Waals surface area (Å²) >= 11 is 0. The van der Waals surface area contributed by atoms with E-state index in [9.17, 15) is 0 Å². The highest BCUT2D eigenvalue weighted by Crippen LogP contribution is 2.51. The first-order valence-corrected chi connectivity index (χ1v) is 11.7. The lowest BCUT2D eigenvalue weighted by molar-refractivity contribution is 0.584. The van der Waals surface area contributed by atoms with E-state index in [-0.39, 0.29) is 5.41 Å². The molecule has 7 rings (SSSR count). The van der Waals surface area contributed by atoms with Gasteiger partial charge < -0.3 is 4.42 Å². The zero-order chi connectivity index (χ0) is 23.6. The summed E-state index contributed by atoms with van der Waals surface area (Å²) in [6.07, 6.45) is 2.00. The Morgan fingerprint density at radius 1 is 0.686 bits per heavy atom. The minimum Gasteiger partial charge on any atom is -0.416 e. The molecule has 0 saturated heterocycles. The van der Waals surface area contributed by atoms with Crippen LogP contribution in [0.3, 0.4) is 0 Å². The topological polar surface area (TPSA) is 56.7 Å². The van der Waals surface area contributed by atoms with Crippen LogP contribution < -0.4 is 0 Å². The summed E-state index contributed by atoms with van der Waals surface area (Å²) in [5, 5.41) is 14.4. The van der Waals surface area contributed by atoms with Crippen molar-refractivity contribution < 1.29 is 4.42 Å². The third-order valence-corrected chi connectivity index (χ3v) is 7.07. The molecule has 1 aliphatic carbocycles. The molecule has 0 fully saturated rings. The maximum atomic E-state index is 5.92. The highest BCUT2D eigenvalue weighted by molar-refractivity contribution is 5.96. The SMILES string of the molecule is CC1(C)c2ccccc2-c2ccc3c(cnn3-c3ccc(-c4nnc(-c5ccccc5)o4)cc3)c21. The number of hydrogen-bond acceptors (Lipinski definition) is 4. The number of nitrogens with zero attached hydrogens (tertiary/aromatic N) is 4. The van der Waals surface area contributed by atoms with Gasteiger partial charge in [0.15, 0.2) is 0 Å². The molecule has 0 unspecified atom stereocenters. The molecular weight excluding hydrogens is 432 g/mol. The zero-order valence-electron chi connectivity index (χ0n) is 19.4. The number of aromatic nitrogens is 4. The summed E-state index contributed by atoms with van der Waals surface area (Å²) in [5.41, 5.74) is 9.13. The highest BCUT2D eigenvalue weighted by atomic mass is 16.4. The Labute approximate surface area is 202 Å². The average molecular weight is 455 g/mol. The van der Waals surface area contributed by atoms with Crippen LogP contribution in [-0.2, 0) is 5.41 Å². The third kappa shape index (κ3) is 2.91. The second-order valence-corrected chi connectivity index (χ2v) is 9.47. The van der Waals surface area contributed by atoms with Gasteiger partial charge in [-0.2, -0.15) is 5.10 Å². The fourth-order valence-electron chi connectivity index (χ4n) is 5.39. The first-order chi connectivity index (χ1) is 17.1. The molecule has 6 aromatic rings. The van der Waals surface area contributed by atoms with E-state index in [4.69, 9.17) is 9.52 Å². The van der Waals surface area contributed by atoms with E-state index in [0.717, 1.165) is 22.3 Å². The zero-order valence-corrected chi connectivity index (χ0v) is 19.4. The summed E-state index contributed by atoms with van der Waals surface area (Å²) in [6.45, 7) is 4.61. The molecule has 5 nitrogen and oxygen atoms in total. The molecule has 2 heterocycles. The normalized spacial score (nSPS) is 13.7. The van der Waals surface area contributed by atoms with Crippen LogP contribution >= 0.6 is 0 Å². The molecule has 2 aromatic heterocycles. The van der Waals surface area contributed by atoms with E-state index in [2.05, 4.69) is 60.4 Å². The first-order valence-electron chi connectivity index (χ1n) is 11.7. The van der Waals surface area contributed by atoms with Gasteiger partial charge in [-0.05, 0) is 64.7 Å². The predicted octanol–water partition coefficient (Wildman–Crippen LogP) is 7.05. The van der Waals surface area contributed by atoms with Gasteiger partial charge in [0.05, 0.1) is 17.4 Å². The van der Waals surface area contributed by atoms with Crippen LogP contribution in [0.25, 0.3) is 50.6 Å². The number of fused-ring (bicyclic) bond motifs is 5. The summed E-state index contributed by atoms with van der Waals surface area (Å²) in [6, 6.07) is 31.0. The van der Waals surface area contributed by atoms with E-state index >= 15 is 0 Å². The highest BCUT2D eigenvalue weighted by Gasteiger charge is 2.37. The van der Waals surface area contributed by atoms with Gasteiger partial charge in [-0.15, -0.1) is 10.2 Å². The van der Waals surface area contributed by atoms with Crippen LogP contribution in [0.5, 0.6) is 0 Å². The number of rotatable bonds is 3. The van der Waals surface area contributed by atoms with Crippen molar-refractivity contribution in [2.75, 3.05) is 0 Å². The van der Waals surface area contributed by atoms with Gasteiger partial charge in [-0.1, -0.05) is 62.4 Å². The van der Waals surface area contributed by atoms with E-state index in [1.54, 1.807) is 0 Å². The molecule has 0 N–H and O–H groups in total. The molecule has 0 aliphatic heterocycles. The Hall–Kier alpha value is -4.51. The van der Waals surface area contributed by atoms with Crippen molar-refractivity contribution in [3.63, 3.8) is 0 Å². The lowest BCUT2D eigenvalue weighted by Gasteiger charge is -2.22. The molecule has 0 bridgehead atoms. The molecule has 35 heavy (non-hydrogen) atoms. The largest absolute Gasteiger partial charge is 0.416 e. The number of benzene rings is 4. The van der Waals surface area contributed by atoms with Crippen LogP contribution in [0.15, 0.2) is 102 Å². The van der Waals surface area contributed by atoms with Crippen LogP contribution in [0, 0.1) is 0 Å². The third-order valence-electron chi connectivity index (χ3n) is 7.07. The van der Waals surface area contributed by atoms with Crippen LogP contribution in [0.1, 0.15) is 25.0 Å². The van der Waals surface area contributed by atoms with Crippen molar-refractivity contribution in [1.29, 1.82) is 0 Å². The molecule has 5 heteroatoms. The maximum Gasteiger partial charge on any atom is 0.248 e. The molecule has 4 aromatic carbocycles. The second kappa shape index (κ2) is 7.24. The second-order valence-electron chi connectivity index (χ2n) is 9.47. The van der Waals surface area contributed by atoms with Gasteiger partial charge in [0.1, 0.15) is 0 Å². The van der Waals surface area contributed by atoms with Crippen LogP contribution in [-0.4, -0.2) is 20.0 Å². The van der Waals surface area contributed by atoms with Crippen molar-refractivity contribution in [3.05, 3.63) is 108 Å². The first kappa shape index (κ1) is 19.9. The van der Waals surface area contributed by atoms with Crippen molar-refractivity contribution in [3.8, 4) is 39.7 Å². The molecule has 1 aliphatic rings. The van der Waals surface area contributed by atoms with Crippen LogP contribution in [0.2, 0.25) is 0 Å². The molecule has 0 radical (unpaired) electrons. The smallest absolute Gasteiger partial charge is 0.248 e. The molecule has 168 valence electrons. The molecule has 0 amide bonds. The predicted molar refractivity (Wildman–Crippen MR) is 137 cm³/mol. The average Bonchev–Trinajstić information content (AvgIpc) is 3.61. The van der Waals surface area contributed by atoms with Gasteiger partial charge >= 0.3 is 0 Å². The standard InChI is InChI=1S/C30H22N4O/c1-30(2)25-11-7-6-10-22(25)23-16-17-26-24(27(23)30)18-31-34(26)21-14-12-20(13-15-21)29-33-32-28(35-29)19-8-4-3-5-9-19/h3-18H,1-2H3. The monoisotopic (exact) mass is 454 g/mol. The summed E-state index contributed by atoms with van der Waals surface area (Å²) in [7, 11) is 0. The lowest BCUT2D eigenvalue weighted by Crippen LogP contribution is -2.15. The molecule has 0 atom stereocenters. The van der Waals surface area contributed by atoms with Gasteiger partial charge in [-0.3, -0.25) is 0 Å².